The van der Waals surface area contributed by atoms with Gasteiger partial charge in [0.25, 0.3) is 5.91 Å². The zero-order chi connectivity index (χ0) is 21.4. The van der Waals surface area contributed by atoms with Crippen molar-refractivity contribution in [1.29, 1.82) is 0 Å². The number of hydrogen-bond acceptors (Lipinski definition) is 6. The number of benzene rings is 1. The first-order valence-electron chi connectivity index (χ1n) is 10.5. The largest absolute Gasteiger partial charge is 0.344 e. The summed E-state index contributed by atoms with van der Waals surface area (Å²) >= 11 is 1.60. The van der Waals surface area contributed by atoms with Crippen LogP contribution >= 0.6 is 11.3 Å². The molecule has 1 amide bonds. The van der Waals surface area contributed by atoms with Gasteiger partial charge in [-0.05, 0) is 37.6 Å². The minimum absolute atomic E-state index is 0.0563. The first-order chi connectivity index (χ1) is 15.1. The summed E-state index contributed by atoms with van der Waals surface area (Å²) in [5, 5.41) is 5.51. The van der Waals surface area contributed by atoms with E-state index in [0.29, 0.717) is 18.7 Å². The van der Waals surface area contributed by atoms with Crippen LogP contribution in [0, 0.1) is 6.92 Å². The summed E-state index contributed by atoms with van der Waals surface area (Å²) < 4.78 is 1.89. The van der Waals surface area contributed by atoms with E-state index in [2.05, 4.69) is 41.0 Å². The molecule has 1 fully saturated rings. The van der Waals surface area contributed by atoms with E-state index in [-0.39, 0.29) is 5.91 Å². The predicted molar refractivity (Wildman–Crippen MR) is 123 cm³/mol. The highest BCUT2D eigenvalue weighted by atomic mass is 32.1. The fraction of sp³-hybridized carbons (Fsp3) is 0.304. The molecule has 1 aliphatic heterocycles. The van der Waals surface area contributed by atoms with E-state index in [1.54, 1.807) is 23.7 Å². The zero-order valence-corrected chi connectivity index (χ0v) is 18.5. The summed E-state index contributed by atoms with van der Waals surface area (Å²) in [4.78, 5) is 27.5. The number of hydrogen-bond donors (Lipinski definition) is 0. The first-order valence-corrected chi connectivity index (χ1v) is 11.4. The smallest absolute Gasteiger partial charge is 0.257 e. The Kier molecular flexibility index (Phi) is 5.15. The van der Waals surface area contributed by atoms with Gasteiger partial charge in [0.1, 0.15) is 10.3 Å². The van der Waals surface area contributed by atoms with Crippen molar-refractivity contribution in [2.24, 2.45) is 0 Å². The van der Waals surface area contributed by atoms with Gasteiger partial charge in [-0.3, -0.25) is 4.79 Å². The summed E-state index contributed by atoms with van der Waals surface area (Å²) in [6.45, 7) is 6.99. The SMILES string of the molecule is CCc1c(C(=O)N2CCN(c3nc4cccnc4s3)CC2)cnn1-c1ccc(C)cc1. The summed E-state index contributed by atoms with van der Waals surface area (Å²) in [6, 6.07) is 12.1. The van der Waals surface area contributed by atoms with E-state index in [0.717, 1.165) is 46.4 Å². The quantitative estimate of drug-likeness (QED) is 0.492. The van der Waals surface area contributed by atoms with Gasteiger partial charge in [0.15, 0.2) is 5.13 Å². The highest BCUT2D eigenvalue weighted by molar-refractivity contribution is 7.21. The fourth-order valence-electron chi connectivity index (χ4n) is 3.97. The number of carbonyl (C=O) groups excluding carboxylic acids is 1. The second kappa shape index (κ2) is 8.11. The number of pyridine rings is 1. The maximum Gasteiger partial charge on any atom is 0.257 e. The van der Waals surface area contributed by atoms with E-state index in [1.165, 1.54) is 5.56 Å². The van der Waals surface area contributed by atoms with Gasteiger partial charge in [-0.2, -0.15) is 5.10 Å². The Morgan fingerprint density at radius 1 is 1.10 bits per heavy atom. The Labute approximate surface area is 185 Å². The van der Waals surface area contributed by atoms with Crippen LogP contribution in [0.4, 0.5) is 5.13 Å². The first kappa shape index (κ1) is 19.7. The second-order valence-corrected chi connectivity index (χ2v) is 8.67. The monoisotopic (exact) mass is 432 g/mol. The van der Waals surface area contributed by atoms with Gasteiger partial charge in [0, 0.05) is 32.4 Å². The molecule has 4 heterocycles. The van der Waals surface area contributed by atoms with E-state index in [1.807, 2.05) is 33.8 Å². The highest BCUT2D eigenvalue weighted by Gasteiger charge is 2.27. The molecule has 0 aliphatic carbocycles. The number of aryl methyl sites for hydroxylation is 1. The lowest BCUT2D eigenvalue weighted by atomic mass is 10.1. The van der Waals surface area contributed by atoms with Gasteiger partial charge in [-0.15, -0.1) is 0 Å². The number of amides is 1. The van der Waals surface area contributed by atoms with Gasteiger partial charge in [0.2, 0.25) is 0 Å². The summed E-state index contributed by atoms with van der Waals surface area (Å²) in [7, 11) is 0. The van der Waals surface area contributed by atoms with Crippen molar-refractivity contribution in [2.75, 3.05) is 31.1 Å². The minimum atomic E-state index is 0.0563. The van der Waals surface area contributed by atoms with Crippen LogP contribution in [0.3, 0.4) is 0 Å². The molecular weight excluding hydrogens is 408 g/mol. The Hall–Kier alpha value is -3.26. The number of carbonyl (C=O) groups is 1. The van der Waals surface area contributed by atoms with Crippen molar-refractivity contribution in [3.8, 4) is 5.69 Å². The number of fused-ring (bicyclic) bond motifs is 1. The van der Waals surface area contributed by atoms with Crippen LogP contribution in [0.5, 0.6) is 0 Å². The molecule has 0 spiro atoms. The van der Waals surface area contributed by atoms with Crippen LogP contribution in [0.1, 0.15) is 28.5 Å². The molecule has 31 heavy (non-hydrogen) atoms. The molecule has 8 heteroatoms. The summed E-state index contributed by atoms with van der Waals surface area (Å²) in [5.74, 6) is 0.0563. The van der Waals surface area contributed by atoms with Crippen LogP contribution in [-0.2, 0) is 6.42 Å². The second-order valence-electron chi connectivity index (χ2n) is 7.71. The molecule has 3 aromatic heterocycles. The average molecular weight is 433 g/mol. The van der Waals surface area contributed by atoms with Crippen molar-refractivity contribution in [1.82, 2.24) is 24.6 Å². The number of nitrogens with zero attached hydrogens (tertiary/aromatic N) is 6. The average Bonchev–Trinajstić information content (AvgIpc) is 3.43. The third-order valence-electron chi connectivity index (χ3n) is 5.71. The Morgan fingerprint density at radius 3 is 2.58 bits per heavy atom. The zero-order valence-electron chi connectivity index (χ0n) is 17.7. The Balaban J connectivity index is 1.32. The topological polar surface area (TPSA) is 67.2 Å². The molecule has 0 saturated carbocycles. The van der Waals surface area contributed by atoms with Crippen molar-refractivity contribution < 1.29 is 4.79 Å². The lowest BCUT2D eigenvalue weighted by Crippen LogP contribution is -2.48. The molecule has 0 atom stereocenters. The van der Waals surface area contributed by atoms with Gasteiger partial charge >= 0.3 is 0 Å². The molecule has 1 saturated heterocycles. The van der Waals surface area contributed by atoms with Crippen LogP contribution in [0.15, 0.2) is 48.8 Å². The number of anilines is 1. The van der Waals surface area contributed by atoms with Crippen LogP contribution in [0.25, 0.3) is 16.0 Å². The molecule has 0 radical (unpaired) electrons. The fourth-order valence-corrected chi connectivity index (χ4v) is 4.93. The van der Waals surface area contributed by atoms with Crippen molar-refractivity contribution >= 4 is 32.7 Å². The molecule has 1 aliphatic rings. The number of piperazine rings is 1. The van der Waals surface area contributed by atoms with Gasteiger partial charge in [-0.25, -0.2) is 14.6 Å². The van der Waals surface area contributed by atoms with Crippen molar-refractivity contribution in [3.05, 3.63) is 65.6 Å². The number of aromatic nitrogens is 4. The van der Waals surface area contributed by atoms with Gasteiger partial charge in [0.05, 0.1) is 23.1 Å². The maximum atomic E-state index is 13.3. The lowest BCUT2D eigenvalue weighted by molar-refractivity contribution is 0.0745. The Morgan fingerprint density at radius 2 is 1.87 bits per heavy atom. The molecule has 1 aromatic carbocycles. The van der Waals surface area contributed by atoms with E-state index < -0.39 is 0 Å². The van der Waals surface area contributed by atoms with Gasteiger partial charge in [-0.1, -0.05) is 36.0 Å². The highest BCUT2D eigenvalue weighted by Crippen LogP contribution is 2.28. The van der Waals surface area contributed by atoms with E-state index in [9.17, 15) is 4.79 Å². The molecule has 158 valence electrons. The predicted octanol–water partition coefficient (Wildman–Crippen LogP) is 3.71. The summed E-state index contributed by atoms with van der Waals surface area (Å²) in [6.07, 6.45) is 4.25. The maximum absolute atomic E-state index is 13.3. The van der Waals surface area contributed by atoms with Crippen LogP contribution in [0.2, 0.25) is 0 Å². The molecule has 0 bridgehead atoms. The van der Waals surface area contributed by atoms with Crippen LogP contribution < -0.4 is 4.90 Å². The summed E-state index contributed by atoms with van der Waals surface area (Å²) in [5.41, 5.74) is 4.76. The van der Waals surface area contributed by atoms with Gasteiger partial charge < -0.3 is 9.80 Å². The number of rotatable bonds is 4. The molecule has 5 rings (SSSR count). The van der Waals surface area contributed by atoms with E-state index >= 15 is 0 Å². The van der Waals surface area contributed by atoms with E-state index in [4.69, 9.17) is 4.98 Å². The Bertz CT molecular complexity index is 1190. The van der Waals surface area contributed by atoms with Crippen LogP contribution in [-0.4, -0.2) is 56.7 Å². The van der Waals surface area contributed by atoms with Crippen molar-refractivity contribution in [3.63, 3.8) is 0 Å². The molecular formula is C23H24N6OS. The molecule has 0 N–H and O–H groups in total. The number of thiazole rings is 1. The minimum Gasteiger partial charge on any atom is -0.344 e. The standard InChI is InChI=1S/C23H24N6OS/c1-3-20-18(15-25-29(20)17-8-6-16(2)7-9-17)22(30)27-11-13-28(14-12-27)23-26-19-5-4-10-24-21(19)31-23/h4-10,15H,3,11-14H2,1-2H3. The molecule has 7 nitrogen and oxygen atoms in total. The molecule has 0 unspecified atom stereocenters. The van der Waals surface area contributed by atoms with Crippen molar-refractivity contribution in [2.45, 2.75) is 20.3 Å². The molecule has 4 aromatic rings. The third kappa shape index (κ3) is 3.67. The lowest BCUT2D eigenvalue weighted by Gasteiger charge is -2.34. The third-order valence-corrected chi connectivity index (χ3v) is 6.75. The normalized spacial score (nSPS) is 14.4.